The fraction of sp³-hybridized carbons (Fsp3) is 0.900. The van der Waals surface area contributed by atoms with Crippen molar-refractivity contribution in [3.05, 3.63) is 0 Å². The van der Waals surface area contributed by atoms with Crippen LogP contribution in [0.2, 0.25) is 0 Å². The van der Waals surface area contributed by atoms with Crippen LogP contribution in [0.4, 0.5) is 9.59 Å². The van der Waals surface area contributed by atoms with E-state index in [1.54, 1.807) is 4.90 Å². The number of nitrogens with zero attached hydrogens (tertiary/aromatic N) is 1. The van der Waals surface area contributed by atoms with Crippen molar-refractivity contribution < 1.29 is 19.1 Å². The lowest BCUT2D eigenvalue weighted by atomic mass is 10.2. The lowest BCUT2D eigenvalue weighted by Gasteiger charge is -2.27. The third-order valence-corrected chi connectivity index (χ3v) is 3.51. The molecule has 0 atom stereocenters. The van der Waals surface area contributed by atoms with Gasteiger partial charge in [-0.05, 0) is 86.9 Å². The molecule has 0 saturated carbocycles. The van der Waals surface area contributed by atoms with E-state index < -0.39 is 17.3 Å². The standard InChI is InChI=1S/C20H42N4O4/c1-19(2,3)27-17(25)23-14-10-16-24(18(26)28-20(4,5)6)15-8-7-12-22-13-9-11-21/h22H,7-16,21H2,1-6H3,(H,23,25). The second kappa shape index (κ2) is 13.6. The highest BCUT2D eigenvalue weighted by Gasteiger charge is 2.22. The minimum atomic E-state index is -0.534. The molecule has 0 aliphatic rings. The molecule has 8 nitrogen and oxygen atoms in total. The van der Waals surface area contributed by atoms with Gasteiger partial charge in [0.05, 0.1) is 0 Å². The Hall–Kier alpha value is -1.54. The van der Waals surface area contributed by atoms with E-state index in [1.165, 1.54) is 0 Å². The quantitative estimate of drug-likeness (QED) is 0.434. The first kappa shape index (κ1) is 26.5. The summed E-state index contributed by atoms with van der Waals surface area (Å²) < 4.78 is 10.7. The number of unbranched alkanes of at least 4 members (excludes halogenated alkanes) is 1. The number of hydrogen-bond donors (Lipinski definition) is 3. The number of ether oxygens (including phenoxy) is 2. The Balaban J connectivity index is 4.30. The van der Waals surface area contributed by atoms with Gasteiger partial charge in [0.15, 0.2) is 0 Å². The molecule has 28 heavy (non-hydrogen) atoms. The van der Waals surface area contributed by atoms with Gasteiger partial charge in [-0.2, -0.15) is 0 Å². The van der Waals surface area contributed by atoms with E-state index in [2.05, 4.69) is 10.6 Å². The molecule has 166 valence electrons. The summed E-state index contributed by atoms with van der Waals surface area (Å²) in [6.07, 6.45) is 2.69. The topological polar surface area (TPSA) is 106 Å². The monoisotopic (exact) mass is 402 g/mol. The van der Waals surface area contributed by atoms with Crippen LogP contribution in [-0.4, -0.2) is 67.6 Å². The first-order chi connectivity index (χ1) is 12.9. The molecule has 0 fully saturated rings. The minimum Gasteiger partial charge on any atom is -0.444 e. The van der Waals surface area contributed by atoms with Crippen molar-refractivity contribution in [1.82, 2.24) is 15.5 Å². The molecule has 0 aromatic carbocycles. The Labute approximate surface area is 170 Å². The molecule has 8 heteroatoms. The van der Waals surface area contributed by atoms with Gasteiger partial charge in [0.25, 0.3) is 0 Å². The van der Waals surface area contributed by atoms with E-state index in [9.17, 15) is 9.59 Å². The van der Waals surface area contributed by atoms with Gasteiger partial charge in [-0.1, -0.05) is 0 Å². The van der Waals surface area contributed by atoms with E-state index in [0.717, 1.165) is 32.4 Å². The number of rotatable bonds is 12. The number of carbonyl (C=O) groups excluding carboxylic acids is 2. The molecule has 0 aliphatic heterocycles. The van der Waals surface area contributed by atoms with Crippen LogP contribution < -0.4 is 16.4 Å². The van der Waals surface area contributed by atoms with Crippen LogP contribution in [0.25, 0.3) is 0 Å². The Morgan fingerprint density at radius 3 is 1.96 bits per heavy atom. The third kappa shape index (κ3) is 16.6. The van der Waals surface area contributed by atoms with E-state index in [1.807, 2.05) is 41.5 Å². The summed E-state index contributed by atoms with van der Waals surface area (Å²) in [5.41, 5.74) is 4.41. The maximum absolute atomic E-state index is 12.4. The largest absolute Gasteiger partial charge is 0.444 e. The fourth-order valence-corrected chi connectivity index (χ4v) is 2.30. The van der Waals surface area contributed by atoms with E-state index in [4.69, 9.17) is 15.2 Å². The van der Waals surface area contributed by atoms with Crippen molar-refractivity contribution in [3.63, 3.8) is 0 Å². The van der Waals surface area contributed by atoms with Crippen molar-refractivity contribution in [2.45, 2.75) is 78.4 Å². The fourth-order valence-electron chi connectivity index (χ4n) is 2.30. The van der Waals surface area contributed by atoms with Gasteiger partial charge in [-0.25, -0.2) is 9.59 Å². The number of nitrogens with one attached hydrogen (secondary N) is 2. The summed E-state index contributed by atoms with van der Waals surface area (Å²) in [7, 11) is 0. The molecule has 0 saturated heterocycles. The average molecular weight is 403 g/mol. The van der Waals surface area contributed by atoms with Gasteiger partial charge in [-0.15, -0.1) is 0 Å². The number of alkyl carbamates (subject to hydrolysis) is 1. The smallest absolute Gasteiger partial charge is 0.410 e. The summed E-state index contributed by atoms with van der Waals surface area (Å²) in [5.74, 6) is 0. The molecular weight excluding hydrogens is 360 g/mol. The Morgan fingerprint density at radius 2 is 1.39 bits per heavy atom. The molecule has 0 aromatic heterocycles. The van der Waals surface area contributed by atoms with Crippen molar-refractivity contribution in [2.75, 3.05) is 39.3 Å². The molecule has 4 N–H and O–H groups in total. The van der Waals surface area contributed by atoms with E-state index >= 15 is 0 Å². The first-order valence-electron chi connectivity index (χ1n) is 10.3. The highest BCUT2D eigenvalue weighted by Crippen LogP contribution is 2.11. The van der Waals surface area contributed by atoms with Crippen LogP contribution in [0, 0.1) is 0 Å². The second-order valence-electron chi connectivity index (χ2n) is 8.85. The summed E-state index contributed by atoms with van der Waals surface area (Å²) in [5, 5.41) is 6.05. The van der Waals surface area contributed by atoms with E-state index in [-0.39, 0.29) is 6.09 Å². The maximum atomic E-state index is 12.4. The summed E-state index contributed by atoms with van der Waals surface area (Å²) in [6.45, 7) is 15.1. The van der Waals surface area contributed by atoms with Crippen molar-refractivity contribution in [2.24, 2.45) is 5.73 Å². The molecule has 0 spiro atoms. The Morgan fingerprint density at radius 1 is 0.821 bits per heavy atom. The van der Waals surface area contributed by atoms with Crippen LogP contribution in [-0.2, 0) is 9.47 Å². The zero-order valence-corrected chi connectivity index (χ0v) is 18.7. The normalized spacial score (nSPS) is 11.8. The highest BCUT2D eigenvalue weighted by atomic mass is 16.6. The van der Waals surface area contributed by atoms with Gasteiger partial charge in [-0.3, -0.25) is 0 Å². The summed E-state index contributed by atoms with van der Waals surface area (Å²) in [6, 6.07) is 0. The van der Waals surface area contributed by atoms with Crippen molar-refractivity contribution in [1.29, 1.82) is 0 Å². The van der Waals surface area contributed by atoms with Gasteiger partial charge >= 0.3 is 12.2 Å². The molecule has 0 aliphatic carbocycles. The Bertz CT molecular complexity index is 444. The van der Waals surface area contributed by atoms with Gasteiger partial charge < -0.3 is 30.7 Å². The molecule has 0 bridgehead atoms. The maximum Gasteiger partial charge on any atom is 0.410 e. The van der Waals surface area contributed by atoms with Crippen LogP contribution in [0.3, 0.4) is 0 Å². The van der Waals surface area contributed by atoms with Crippen molar-refractivity contribution in [3.8, 4) is 0 Å². The van der Waals surface area contributed by atoms with Crippen LogP contribution in [0.5, 0.6) is 0 Å². The Kier molecular flexibility index (Phi) is 12.9. The van der Waals surface area contributed by atoms with E-state index in [0.29, 0.717) is 32.6 Å². The van der Waals surface area contributed by atoms with Crippen LogP contribution in [0.15, 0.2) is 0 Å². The van der Waals surface area contributed by atoms with Gasteiger partial charge in [0, 0.05) is 19.6 Å². The molecule has 0 rings (SSSR count). The number of carbonyl (C=O) groups is 2. The molecule has 0 aromatic rings. The zero-order valence-electron chi connectivity index (χ0n) is 18.7. The van der Waals surface area contributed by atoms with Gasteiger partial charge in [0.2, 0.25) is 0 Å². The number of amides is 2. The lowest BCUT2D eigenvalue weighted by Crippen LogP contribution is -2.39. The van der Waals surface area contributed by atoms with Crippen LogP contribution in [0.1, 0.15) is 67.2 Å². The molecular formula is C20H42N4O4. The number of hydrogen-bond acceptors (Lipinski definition) is 6. The average Bonchev–Trinajstić information content (AvgIpc) is 2.52. The SMILES string of the molecule is CC(C)(C)OC(=O)NCCCN(CCCCNCCCN)C(=O)OC(C)(C)C. The van der Waals surface area contributed by atoms with Crippen molar-refractivity contribution >= 4 is 12.2 Å². The first-order valence-corrected chi connectivity index (χ1v) is 10.3. The molecule has 0 radical (unpaired) electrons. The van der Waals surface area contributed by atoms with Gasteiger partial charge in [0.1, 0.15) is 11.2 Å². The number of nitrogens with two attached hydrogens (primary N) is 1. The summed E-state index contributed by atoms with van der Waals surface area (Å²) in [4.78, 5) is 25.8. The molecule has 2 amide bonds. The molecule has 0 heterocycles. The molecule has 0 unspecified atom stereocenters. The minimum absolute atomic E-state index is 0.319. The summed E-state index contributed by atoms with van der Waals surface area (Å²) >= 11 is 0. The van der Waals surface area contributed by atoms with Crippen LogP contribution >= 0.6 is 0 Å². The zero-order chi connectivity index (χ0) is 21.6. The third-order valence-electron chi connectivity index (χ3n) is 3.51. The second-order valence-corrected chi connectivity index (χ2v) is 8.85. The lowest BCUT2D eigenvalue weighted by molar-refractivity contribution is 0.0245. The predicted octanol–water partition coefficient (Wildman–Crippen LogP) is 2.86. The predicted molar refractivity (Wildman–Crippen MR) is 112 cm³/mol. The highest BCUT2D eigenvalue weighted by molar-refractivity contribution is 5.68.